The Balaban J connectivity index is 2.78. The molecule has 0 aliphatic heterocycles. The van der Waals surface area contributed by atoms with Gasteiger partial charge in [-0.15, -0.1) is 23.2 Å². The van der Waals surface area contributed by atoms with E-state index in [1.54, 1.807) is 12.1 Å². The summed E-state index contributed by atoms with van der Waals surface area (Å²) in [6.07, 6.45) is 0. The van der Waals surface area contributed by atoms with E-state index < -0.39 is 0 Å². The number of hydrogen-bond donors (Lipinski definition) is 0. The summed E-state index contributed by atoms with van der Waals surface area (Å²) >= 11 is 11.2. The van der Waals surface area contributed by atoms with Gasteiger partial charge in [0.25, 0.3) is 0 Å². The average Bonchev–Trinajstić information content (AvgIpc) is 2.21. The zero-order valence-electron chi connectivity index (χ0n) is 7.04. The summed E-state index contributed by atoms with van der Waals surface area (Å²) in [5.41, 5.74) is 0.675. The molecule has 0 fully saturated rings. The number of hydrogen-bond acceptors (Lipinski definition) is 1. The molecule has 0 spiro atoms. The molecule has 0 atom stereocenters. The van der Waals surface area contributed by atoms with E-state index in [9.17, 15) is 4.79 Å². The number of carbonyl (C=O) groups excluding carboxylic acids is 1. The molecule has 0 saturated heterocycles. The topological polar surface area (TPSA) is 17.1 Å². The third-order valence-electron chi connectivity index (χ3n) is 1.80. The Hall–Kier alpha value is -0.530. The highest BCUT2D eigenvalue weighted by atomic mass is 35.5. The van der Waals surface area contributed by atoms with Gasteiger partial charge >= 0.3 is 0 Å². The van der Waals surface area contributed by atoms with Gasteiger partial charge in [0.2, 0.25) is 0 Å². The maximum atomic E-state index is 11.6. The van der Waals surface area contributed by atoms with Gasteiger partial charge in [-0.05, 0) is 0 Å². The zero-order chi connectivity index (χ0) is 9.68. The van der Waals surface area contributed by atoms with E-state index in [1.165, 1.54) is 0 Å². The van der Waals surface area contributed by atoms with Crippen LogP contribution in [0.3, 0.4) is 0 Å². The monoisotopic (exact) mass is 216 g/mol. The summed E-state index contributed by atoms with van der Waals surface area (Å²) in [6, 6.07) is 9.07. The Morgan fingerprint density at radius 2 is 1.69 bits per heavy atom. The number of alkyl halides is 2. The molecule has 0 N–H and O–H groups in total. The quantitative estimate of drug-likeness (QED) is 0.559. The fourth-order valence-corrected chi connectivity index (χ4v) is 1.63. The lowest BCUT2D eigenvalue weighted by molar-refractivity contribution is 0.0943. The minimum absolute atomic E-state index is 0.0191. The minimum Gasteiger partial charge on any atom is -0.294 e. The zero-order valence-corrected chi connectivity index (χ0v) is 8.55. The van der Waals surface area contributed by atoms with Gasteiger partial charge in [-0.1, -0.05) is 30.3 Å². The largest absolute Gasteiger partial charge is 0.294 e. The first-order valence-electron chi connectivity index (χ1n) is 4.00. The van der Waals surface area contributed by atoms with Crippen LogP contribution in [0.4, 0.5) is 0 Å². The fraction of sp³-hybridized carbons (Fsp3) is 0.300. The van der Waals surface area contributed by atoms with Crippen LogP contribution in [-0.4, -0.2) is 17.5 Å². The van der Waals surface area contributed by atoms with E-state index in [2.05, 4.69) is 0 Å². The summed E-state index contributed by atoms with van der Waals surface area (Å²) < 4.78 is 0. The molecule has 13 heavy (non-hydrogen) atoms. The maximum Gasteiger partial charge on any atom is 0.168 e. The van der Waals surface area contributed by atoms with Gasteiger partial charge in [0.05, 0.1) is 0 Å². The lowest BCUT2D eigenvalue weighted by atomic mass is 10.0. The molecule has 1 nitrogen and oxygen atoms in total. The van der Waals surface area contributed by atoms with Crippen LogP contribution in [-0.2, 0) is 0 Å². The van der Waals surface area contributed by atoms with Crippen molar-refractivity contribution in [1.82, 2.24) is 0 Å². The summed E-state index contributed by atoms with van der Waals surface area (Å²) in [5, 5.41) is 0. The molecule has 1 rings (SSSR count). The van der Waals surface area contributed by atoms with Crippen LogP contribution in [0.15, 0.2) is 30.3 Å². The first-order chi connectivity index (χ1) is 6.29. The van der Waals surface area contributed by atoms with Crippen LogP contribution in [0, 0.1) is 5.92 Å². The molecular weight excluding hydrogens is 207 g/mol. The summed E-state index contributed by atoms with van der Waals surface area (Å²) in [7, 11) is 0. The molecule has 0 aromatic heterocycles. The van der Waals surface area contributed by atoms with Gasteiger partial charge in [-0.3, -0.25) is 4.79 Å². The highest BCUT2D eigenvalue weighted by Gasteiger charge is 2.17. The second-order valence-electron chi connectivity index (χ2n) is 2.74. The minimum atomic E-state index is -0.272. The predicted octanol–water partition coefficient (Wildman–Crippen LogP) is 2.96. The van der Waals surface area contributed by atoms with E-state index in [-0.39, 0.29) is 23.5 Å². The fourth-order valence-electron chi connectivity index (χ4n) is 1.02. The number of rotatable bonds is 4. The van der Waals surface area contributed by atoms with Crippen molar-refractivity contribution in [2.45, 2.75) is 0 Å². The van der Waals surface area contributed by atoms with E-state index in [1.807, 2.05) is 18.2 Å². The third kappa shape index (κ3) is 2.71. The number of benzene rings is 1. The molecule has 0 aliphatic carbocycles. The molecule has 70 valence electrons. The van der Waals surface area contributed by atoms with E-state index in [0.29, 0.717) is 5.56 Å². The molecule has 0 amide bonds. The molecule has 1 aromatic carbocycles. The number of carbonyl (C=O) groups is 1. The van der Waals surface area contributed by atoms with Crippen LogP contribution in [0.25, 0.3) is 0 Å². The predicted molar refractivity (Wildman–Crippen MR) is 55.7 cm³/mol. The molecule has 0 aliphatic rings. The Kier molecular flexibility index (Phi) is 4.26. The normalized spacial score (nSPS) is 10.4. The average molecular weight is 217 g/mol. The van der Waals surface area contributed by atoms with Crippen LogP contribution in [0.1, 0.15) is 10.4 Å². The summed E-state index contributed by atoms with van der Waals surface area (Å²) in [6.45, 7) is 0. The maximum absolute atomic E-state index is 11.6. The second kappa shape index (κ2) is 5.25. The van der Waals surface area contributed by atoms with E-state index in [4.69, 9.17) is 23.2 Å². The Morgan fingerprint density at radius 3 is 2.15 bits per heavy atom. The van der Waals surface area contributed by atoms with Crippen molar-refractivity contribution in [2.75, 3.05) is 11.8 Å². The molecule has 0 bridgehead atoms. The SMILES string of the molecule is O=C(c1ccccc1)C(CCl)CCl. The summed E-state index contributed by atoms with van der Waals surface area (Å²) in [5.74, 6) is 0.297. The number of halogens is 2. The van der Waals surface area contributed by atoms with Crippen molar-refractivity contribution >= 4 is 29.0 Å². The van der Waals surface area contributed by atoms with Crippen LogP contribution in [0.5, 0.6) is 0 Å². The Morgan fingerprint density at radius 1 is 1.15 bits per heavy atom. The molecule has 3 heteroatoms. The third-order valence-corrected chi connectivity index (χ3v) is 2.55. The standard InChI is InChI=1S/C10H10Cl2O/c11-6-9(7-12)10(13)8-4-2-1-3-5-8/h1-5,9H,6-7H2. The molecule has 0 saturated carbocycles. The lowest BCUT2D eigenvalue weighted by Gasteiger charge is -2.07. The van der Waals surface area contributed by atoms with Gasteiger partial charge in [-0.25, -0.2) is 0 Å². The van der Waals surface area contributed by atoms with Crippen molar-refractivity contribution in [1.29, 1.82) is 0 Å². The van der Waals surface area contributed by atoms with Gasteiger partial charge in [0, 0.05) is 23.2 Å². The Labute approximate surface area is 87.7 Å². The van der Waals surface area contributed by atoms with Crippen molar-refractivity contribution in [3.8, 4) is 0 Å². The van der Waals surface area contributed by atoms with Crippen molar-refractivity contribution < 1.29 is 4.79 Å². The molecule has 0 unspecified atom stereocenters. The van der Waals surface area contributed by atoms with Crippen molar-refractivity contribution in [3.63, 3.8) is 0 Å². The van der Waals surface area contributed by atoms with Crippen molar-refractivity contribution in [3.05, 3.63) is 35.9 Å². The lowest BCUT2D eigenvalue weighted by Crippen LogP contribution is -2.17. The van der Waals surface area contributed by atoms with Gasteiger partial charge in [-0.2, -0.15) is 0 Å². The van der Waals surface area contributed by atoms with Gasteiger partial charge < -0.3 is 0 Å². The van der Waals surface area contributed by atoms with E-state index in [0.717, 1.165) is 0 Å². The Bertz CT molecular complexity index is 268. The molecular formula is C10H10Cl2O. The first kappa shape index (κ1) is 10.6. The smallest absolute Gasteiger partial charge is 0.168 e. The van der Waals surface area contributed by atoms with Crippen LogP contribution < -0.4 is 0 Å². The van der Waals surface area contributed by atoms with Crippen molar-refractivity contribution in [2.24, 2.45) is 5.92 Å². The van der Waals surface area contributed by atoms with Gasteiger partial charge in [0.15, 0.2) is 5.78 Å². The number of ketones is 1. The second-order valence-corrected chi connectivity index (χ2v) is 3.35. The molecule has 0 heterocycles. The molecule has 0 radical (unpaired) electrons. The van der Waals surface area contributed by atoms with E-state index >= 15 is 0 Å². The highest BCUT2D eigenvalue weighted by Crippen LogP contribution is 2.11. The van der Waals surface area contributed by atoms with Gasteiger partial charge in [0.1, 0.15) is 0 Å². The molecule has 1 aromatic rings. The van der Waals surface area contributed by atoms with Crippen LogP contribution in [0.2, 0.25) is 0 Å². The first-order valence-corrected chi connectivity index (χ1v) is 5.07. The number of Topliss-reactive ketones (excluding diaryl/α,β-unsaturated/α-hetero) is 1. The summed E-state index contributed by atoms with van der Waals surface area (Å²) in [4.78, 5) is 11.6. The van der Waals surface area contributed by atoms with Crippen LogP contribution >= 0.6 is 23.2 Å². The highest BCUT2D eigenvalue weighted by molar-refractivity contribution is 6.24.